The predicted octanol–water partition coefficient (Wildman–Crippen LogP) is 3.61. The molecule has 3 unspecified atom stereocenters. The van der Waals surface area contributed by atoms with Crippen LogP contribution in [0.3, 0.4) is 0 Å². The zero-order chi connectivity index (χ0) is 72.7. The first kappa shape index (κ1) is 85.0. The molecule has 3 aliphatic rings. The molecule has 0 bridgehead atoms. The van der Waals surface area contributed by atoms with Gasteiger partial charge in [0.25, 0.3) is 17.7 Å². The fourth-order valence-electron chi connectivity index (χ4n) is 10.1. The zero-order valence-electron chi connectivity index (χ0n) is 57.8. The van der Waals surface area contributed by atoms with Gasteiger partial charge in [0.1, 0.15) is 34.6 Å². The summed E-state index contributed by atoms with van der Waals surface area (Å²) in [6.45, 7) is 24.8. The first-order chi connectivity index (χ1) is 46.5. The minimum atomic E-state index is -1.77. The molecule has 28 heteroatoms. The van der Waals surface area contributed by atoms with Gasteiger partial charge in [0.2, 0.25) is 11.8 Å². The fraction of sp³-hybridized carbons (Fsp3) is 0.408. The Morgan fingerprint density at radius 2 is 1.21 bits per heavy atom. The van der Waals surface area contributed by atoms with Gasteiger partial charge in [-0.05, 0) is 127 Å². The third-order valence-electron chi connectivity index (χ3n) is 15.2. The molecule has 0 spiro atoms. The van der Waals surface area contributed by atoms with E-state index >= 15 is 0 Å². The molecule has 9 rings (SSSR count). The molecule has 25 nitrogen and oxygen atoms in total. The number of carboxylic acids is 1. The van der Waals surface area contributed by atoms with Crippen LogP contribution >= 0.6 is 23.5 Å². The monoisotopic (exact) mass is 1520 g/mol. The van der Waals surface area contributed by atoms with Gasteiger partial charge in [0, 0.05) is 71.2 Å². The van der Waals surface area contributed by atoms with Gasteiger partial charge >= 0.3 is 45.8 Å². The predicted molar refractivity (Wildman–Crippen MR) is 381 cm³/mol. The van der Waals surface area contributed by atoms with E-state index in [4.69, 9.17) is 25.1 Å². The Labute approximate surface area is 601 Å². The maximum absolute atomic E-state index is 13.7. The number of carbonyl (C=O) groups excluding carboxylic acids is 7. The standard InChI is InChI=1S/C29H35N3O6S.C20H21NO6.C9H16N2OS.C6H5N3O.C5H10O.CH4I.CH4.H2O/c1-6-15-30-27(36)25-29(4,5)39-17-32(25)28(37)24(34)22(16-20-11-8-7-9-12-20)31-26(35)21-13-10-14-23(18(21)2)38-19(3)33;1-12-15(9-6-10-17(12)27-13(2)22)19(24)21-16(18(23)20(25)26)11-14-7-4-3-5-8-14;1-4-5-10-8(12)7-9(2,3)13-6-11-7;10-9-6-4-2-1-3-5(6)7-8-9;1-5-3-2-4-6-5;1-2;;/h6-14,22,24-25,34H,1,15-17H2,2-5H3,(H,30,36)(H,31,35);3-10,16,18,23H,11H2,1-2H3,(H,21,24)(H,25,26);4,7,11H,1,5-6H2,2-3H3,(H,10,12);1-4,10H;5H,2-4H2,1H3;2H,1H3;1H4;1H2/q;;;;;-1;;/t22-,24-,25?;16-,18-;;;;;;/m00....../s1/i;;;;;2D;;. The first-order valence-corrected chi connectivity index (χ1v) is 35.2. The number of thioether (sulfide) groups is 2. The number of hydrogen-bond donors (Lipinski definition) is 9. The Hall–Kier alpha value is -8.23. The third kappa shape index (κ3) is 27.1. The van der Waals surface area contributed by atoms with E-state index in [-0.39, 0.29) is 106 Å². The number of aliphatic carboxylic acids is 1. The van der Waals surface area contributed by atoms with Crippen molar-refractivity contribution in [2.24, 2.45) is 0 Å². The van der Waals surface area contributed by atoms with Crippen LogP contribution in [0.4, 0.5) is 0 Å². The summed E-state index contributed by atoms with van der Waals surface area (Å²) in [6.07, 6.45) is 3.22. The van der Waals surface area contributed by atoms with Crippen molar-refractivity contribution in [2.45, 2.75) is 147 Å². The number of aromatic nitrogens is 3. The van der Waals surface area contributed by atoms with Gasteiger partial charge in [-0.15, -0.1) is 41.8 Å². The summed E-state index contributed by atoms with van der Waals surface area (Å²) in [7, 11) is 0. The average Bonchev–Trinajstić information content (AvgIpc) is 1.56. The molecule has 11 N–H and O–H groups in total. The van der Waals surface area contributed by atoms with Gasteiger partial charge < -0.3 is 66.4 Å². The van der Waals surface area contributed by atoms with Crippen molar-refractivity contribution < 1.29 is 101 Å². The number of aliphatic hydroxyl groups excluding tert-OH is 2. The number of ether oxygens (including phenoxy) is 3. The molecule has 99 heavy (non-hydrogen) atoms. The van der Waals surface area contributed by atoms with Crippen molar-refractivity contribution in [2.75, 3.05) is 36.4 Å². The maximum atomic E-state index is 13.7. The number of para-hydroxylation sites is 1. The number of amides is 5. The second-order valence-electron chi connectivity index (χ2n) is 23.3. The molecular formula is C71H97IN9O16S2-. The summed E-state index contributed by atoms with van der Waals surface area (Å²) in [4.78, 5) is 102. The number of carbonyl (C=O) groups is 8. The van der Waals surface area contributed by atoms with E-state index in [1.165, 1.54) is 49.4 Å². The van der Waals surface area contributed by atoms with Gasteiger partial charge in [-0.1, -0.05) is 109 Å². The van der Waals surface area contributed by atoms with E-state index in [2.05, 4.69) is 70.8 Å². The normalized spacial score (nSPS) is 17.1. The van der Waals surface area contributed by atoms with E-state index in [1.807, 2.05) is 67.3 Å². The van der Waals surface area contributed by atoms with Gasteiger partial charge in [0.15, 0.2) is 12.2 Å². The van der Waals surface area contributed by atoms with Crippen molar-refractivity contribution in [1.82, 2.24) is 46.6 Å². The van der Waals surface area contributed by atoms with E-state index in [1.54, 1.807) is 104 Å². The molecule has 5 amide bonds. The molecule has 0 radical (unpaired) electrons. The third-order valence-corrected chi connectivity index (χ3v) is 17.8. The van der Waals surface area contributed by atoms with Crippen LogP contribution in [0, 0.1) is 13.8 Å². The number of carboxylic acid groups (broad SMARTS) is 1. The van der Waals surface area contributed by atoms with Crippen molar-refractivity contribution in [3.63, 3.8) is 0 Å². The Bertz CT molecular complexity index is 3620. The van der Waals surface area contributed by atoms with Crippen LogP contribution in [-0.2, 0) is 46.3 Å². The number of nitrogens with zero attached hydrogens (tertiary/aromatic N) is 4. The van der Waals surface area contributed by atoms with E-state index < -0.39 is 70.7 Å². The van der Waals surface area contributed by atoms with E-state index in [0.29, 0.717) is 34.8 Å². The quantitative estimate of drug-likeness (QED) is 0.0132. The zero-order valence-corrected chi connectivity index (χ0v) is 60.6. The molecule has 0 saturated carbocycles. The second kappa shape index (κ2) is 43.3. The van der Waals surface area contributed by atoms with Gasteiger partial charge in [-0.25, -0.2) is 4.79 Å². The molecule has 542 valence electrons. The number of fused-ring (bicyclic) bond motifs is 1. The average molecular weight is 1520 g/mol. The van der Waals surface area contributed by atoms with Gasteiger partial charge in [0.05, 0.1) is 24.1 Å². The Morgan fingerprint density at radius 1 is 0.737 bits per heavy atom. The molecule has 5 aromatic carbocycles. The number of alkyl halides is 1. The van der Waals surface area contributed by atoms with Crippen LogP contribution in [0.25, 0.3) is 11.0 Å². The molecule has 3 fully saturated rings. The van der Waals surface area contributed by atoms with Gasteiger partial charge in [-0.2, -0.15) is 0 Å². The minimum absolute atomic E-state index is 0. The summed E-state index contributed by atoms with van der Waals surface area (Å²) < 4.78 is 21.1. The van der Waals surface area contributed by atoms with Crippen molar-refractivity contribution in [3.05, 3.63) is 180 Å². The molecule has 4 heterocycles. The summed E-state index contributed by atoms with van der Waals surface area (Å²) in [5.74, 6) is -2.94. The van der Waals surface area contributed by atoms with Crippen LogP contribution in [0.1, 0.15) is 112 Å². The fourth-order valence-corrected chi connectivity index (χ4v) is 12.2. The molecular weight excluding hydrogens is 1430 g/mol. The number of nitrogens with one attached hydrogen (secondary N) is 5. The molecule has 3 aliphatic heterocycles. The molecule has 0 aliphatic carbocycles. The van der Waals surface area contributed by atoms with E-state index in [9.17, 15) is 48.6 Å². The number of benzene rings is 5. The number of rotatable bonds is 20. The topological polar surface area (TPSA) is 371 Å². The molecule has 7 atom stereocenters. The summed E-state index contributed by atoms with van der Waals surface area (Å²) in [6, 6.07) is 31.8. The van der Waals surface area contributed by atoms with Crippen LogP contribution in [0.2, 0.25) is 0 Å². The van der Waals surface area contributed by atoms with Crippen LogP contribution in [-0.4, -0.2) is 182 Å². The number of esters is 2. The molecule has 3 saturated heterocycles. The molecule has 1 aromatic heterocycles. The summed E-state index contributed by atoms with van der Waals surface area (Å²) in [5, 5.41) is 60.7. The Morgan fingerprint density at radius 3 is 1.63 bits per heavy atom. The summed E-state index contributed by atoms with van der Waals surface area (Å²) >= 11 is 3.05. The number of hydrogen-bond acceptors (Lipinski definition) is 19. The van der Waals surface area contributed by atoms with Crippen molar-refractivity contribution in [1.29, 1.82) is 0.594 Å². The van der Waals surface area contributed by atoms with Crippen molar-refractivity contribution in [3.8, 4) is 11.5 Å². The van der Waals surface area contributed by atoms with Crippen LogP contribution in [0.15, 0.2) is 147 Å². The second-order valence-corrected chi connectivity index (χ2v) is 26.5. The Kier molecular flexibility index (Phi) is 37.2. The van der Waals surface area contributed by atoms with Crippen molar-refractivity contribution >= 4 is 82.0 Å². The van der Waals surface area contributed by atoms with Crippen LogP contribution < -0.4 is 58.5 Å². The SMILES string of the molecule is C.C=CCNC(=O)C1N(C(=O)[C@@H](O)[C@H](Cc2ccccc2)NC(=O)c2cccc(OC(C)=O)c2C)CSC1(C)C.C=CCNC(=O)C1NCSC1(C)C.CC(=O)Oc1cccc(C(=O)N[C@@H](Cc2ccccc2)[C@H](O)C(=O)O)c1C.CC1CCCO1.O.On1nnc2ccccc21.[2H][I-]C. The number of halogens is 1. The van der Waals surface area contributed by atoms with Gasteiger partial charge in [-0.3, -0.25) is 38.9 Å². The van der Waals surface area contributed by atoms with E-state index in [0.717, 1.165) is 28.5 Å². The van der Waals surface area contributed by atoms with Crippen LogP contribution in [0.5, 0.6) is 11.5 Å². The summed E-state index contributed by atoms with van der Waals surface area (Å²) in [5.41, 5.74) is 4.25. The first-order valence-electron chi connectivity index (χ1n) is 31.4. The molecule has 6 aromatic rings. The number of aliphatic hydroxyl groups is 2. The Balaban J connectivity index is 0.000000475.